The summed E-state index contributed by atoms with van der Waals surface area (Å²) >= 11 is 0. The maximum Gasteiger partial charge on any atom is 0.0706 e. The van der Waals surface area contributed by atoms with Crippen LogP contribution in [0.5, 0.6) is 0 Å². The average molecular weight is 337 g/mol. The molecule has 0 amide bonds. The maximum absolute atomic E-state index is 11.8. The fraction of sp³-hybridized carbons (Fsp3) is 1.00. The molecular weight excluding hydrogens is 292 g/mol. The number of rotatable bonds is 8. The highest BCUT2D eigenvalue weighted by Gasteiger charge is 2.55. The first kappa shape index (κ1) is 20.3. The summed E-state index contributed by atoms with van der Waals surface area (Å²) in [6, 6.07) is 0. The Morgan fingerprint density at radius 1 is 1.00 bits per heavy atom. The average Bonchev–Trinajstić information content (AvgIpc) is 2.86. The molecule has 4 unspecified atom stereocenters. The van der Waals surface area contributed by atoms with Crippen molar-refractivity contribution in [2.24, 2.45) is 41.4 Å². The van der Waals surface area contributed by atoms with E-state index in [4.69, 9.17) is 0 Å². The van der Waals surface area contributed by atoms with Gasteiger partial charge in [0.25, 0.3) is 0 Å². The zero-order valence-corrected chi connectivity index (χ0v) is 17.4. The van der Waals surface area contributed by atoms with E-state index < -0.39 is 0 Å². The van der Waals surface area contributed by atoms with Crippen LogP contribution >= 0.6 is 0 Å². The Morgan fingerprint density at radius 2 is 1.71 bits per heavy atom. The minimum absolute atomic E-state index is 0.384. The van der Waals surface area contributed by atoms with Crippen molar-refractivity contribution >= 4 is 0 Å². The van der Waals surface area contributed by atoms with Gasteiger partial charge in [0.05, 0.1) is 5.60 Å². The van der Waals surface area contributed by atoms with Gasteiger partial charge in [-0.1, -0.05) is 67.2 Å². The summed E-state index contributed by atoms with van der Waals surface area (Å²) in [5.74, 6) is 5.04. The molecule has 0 aromatic rings. The van der Waals surface area contributed by atoms with Crippen molar-refractivity contribution in [1.82, 2.24) is 0 Å². The van der Waals surface area contributed by atoms with Crippen molar-refractivity contribution < 1.29 is 5.11 Å². The van der Waals surface area contributed by atoms with Crippen LogP contribution in [-0.4, -0.2) is 10.7 Å². The molecule has 2 saturated carbocycles. The molecule has 142 valence electrons. The molecule has 0 spiro atoms. The van der Waals surface area contributed by atoms with Gasteiger partial charge in [-0.15, -0.1) is 0 Å². The predicted octanol–water partition coefficient (Wildman–Crippen LogP) is 6.69. The molecule has 24 heavy (non-hydrogen) atoms. The van der Waals surface area contributed by atoms with Crippen LogP contribution in [0.1, 0.15) is 99.3 Å². The van der Waals surface area contributed by atoms with E-state index >= 15 is 0 Å². The van der Waals surface area contributed by atoms with Crippen LogP contribution < -0.4 is 0 Å². The first-order valence-electron chi connectivity index (χ1n) is 11.1. The topological polar surface area (TPSA) is 20.2 Å². The van der Waals surface area contributed by atoms with Crippen LogP contribution in [0, 0.1) is 41.4 Å². The van der Waals surface area contributed by atoms with Crippen molar-refractivity contribution in [3.8, 4) is 0 Å². The van der Waals surface area contributed by atoms with Crippen molar-refractivity contribution in [2.75, 3.05) is 0 Å². The quantitative estimate of drug-likeness (QED) is 0.523. The fourth-order valence-electron chi connectivity index (χ4n) is 6.14. The normalized spacial score (nSPS) is 39.0. The van der Waals surface area contributed by atoms with Crippen LogP contribution in [0.25, 0.3) is 0 Å². The third kappa shape index (κ3) is 4.19. The van der Waals surface area contributed by atoms with Crippen LogP contribution in [0.3, 0.4) is 0 Å². The monoisotopic (exact) mass is 336 g/mol. The molecule has 1 heteroatoms. The fourth-order valence-corrected chi connectivity index (χ4v) is 6.14. The minimum Gasteiger partial charge on any atom is -0.389 e. The lowest BCUT2D eigenvalue weighted by molar-refractivity contribution is -0.0764. The van der Waals surface area contributed by atoms with Crippen LogP contribution in [0.2, 0.25) is 0 Å². The molecule has 7 atom stereocenters. The standard InChI is InChI=1S/C23H44O/c1-7-9-17(5)20-12-13-21-19(8-2)15-23(24,22(21)14-20)18(6)11-10-16(3)4/h16-22,24H,7-15H2,1-6H3/t17?,18-,19?,20?,21?,22-,23-/m1/s1. The Kier molecular flexibility index (Phi) is 7.23. The van der Waals surface area contributed by atoms with E-state index in [0.29, 0.717) is 11.8 Å². The smallest absolute Gasteiger partial charge is 0.0706 e. The van der Waals surface area contributed by atoms with Crippen LogP contribution in [0.4, 0.5) is 0 Å². The lowest BCUT2D eigenvalue weighted by Crippen LogP contribution is -2.44. The van der Waals surface area contributed by atoms with E-state index in [-0.39, 0.29) is 5.60 Å². The van der Waals surface area contributed by atoms with E-state index in [1.165, 1.54) is 51.4 Å². The van der Waals surface area contributed by atoms with Gasteiger partial charge in [0, 0.05) is 0 Å². The van der Waals surface area contributed by atoms with E-state index in [1.807, 2.05) is 0 Å². The minimum atomic E-state index is -0.384. The number of fused-ring (bicyclic) bond motifs is 1. The molecule has 0 saturated heterocycles. The maximum atomic E-state index is 11.8. The molecule has 1 N–H and O–H groups in total. The number of hydrogen-bond donors (Lipinski definition) is 1. The molecule has 0 heterocycles. The van der Waals surface area contributed by atoms with Gasteiger partial charge >= 0.3 is 0 Å². The molecule has 0 radical (unpaired) electrons. The van der Waals surface area contributed by atoms with Crippen molar-refractivity contribution in [3.05, 3.63) is 0 Å². The molecule has 0 aromatic carbocycles. The van der Waals surface area contributed by atoms with Gasteiger partial charge < -0.3 is 5.11 Å². The molecule has 1 nitrogen and oxygen atoms in total. The largest absolute Gasteiger partial charge is 0.389 e. The summed E-state index contributed by atoms with van der Waals surface area (Å²) in [7, 11) is 0. The van der Waals surface area contributed by atoms with Crippen molar-refractivity contribution in [2.45, 2.75) is 105 Å². The number of hydrogen-bond acceptors (Lipinski definition) is 1. The number of aliphatic hydroxyl groups is 1. The highest BCUT2D eigenvalue weighted by molar-refractivity contribution is 5.05. The highest BCUT2D eigenvalue weighted by atomic mass is 16.3. The van der Waals surface area contributed by atoms with Gasteiger partial charge in [-0.05, 0) is 73.5 Å². The zero-order chi connectivity index (χ0) is 17.9. The second-order valence-electron chi connectivity index (χ2n) is 9.85. The van der Waals surface area contributed by atoms with Crippen molar-refractivity contribution in [1.29, 1.82) is 0 Å². The first-order chi connectivity index (χ1) is 11.3. The van der Waals surface area contributed by atoms with Gasteiger partial charge in [-0.25, -0.2) is 0 Å². The van der Waals surface area contributed by atoms with Gasteiger partial charge in [0.15, 0.2) is 0 Å². The zero-order valence-electron chi connectivity index (χ0n) is 17.4. The van der Waals surface area contributed by atoms with E-state index in [0.717, 1.165) is 36.0 Å². The first-order valence-corrected chi connectivity index (χ1v) is 11.1. The predicted molar refractivity (Wildman–Crippen MR) is 105 cm³/mol. The Hall–Kier alpha value is -0.0400. The van der Waals surface area contributed by atoms with Crippen LogP contribution in [-0.2, 0) is 0 Å². The Morgan fingerprint density at radius 3 is 2.29 bits per heavy atom. The summed E-state index contributed by atoms with van der Waals surface area (Å²) < 4.78 is 0. The summed E-state index contributed by atoms with van der Waals surface area (Å²) in [5, 5.41) is 11.8. The van der Waals surface area contributed by atoms with Crippen molar-refractivity contribution in [3.63, 3.8) is 0 Å². The van der Waals surface area contributed by atoms with E-state index in [9.17, 15) is 5.11 Å². The molecule has 0 aromatic heterocycles. The Labute approximate surface area is 152 Å². The Balaban J connectivity index is 2.12. The van der Waals surface area contributed by atoms with Gasteiger partial charge in [-0.3, -0.25) is 0 Å². The SMILES string of the molecule is CCCC(C)C1CCC2C(CC)C[C@@](O)([C@H](C)CCC(C)C)[C@@H]2C1. The van der Waals surface area contributed by atoms with Gasteiger partial charge in [0.1, 0.15) is 0 Å². The molecule has 2 aliphatic carbocycles. The summed E-state index contributed by atoms with van der Waals surface area (Å²) in [5.41, 5.74) is -0.384. The van der Waals surface area contributed by atoms with Gasteiger partial charge in [-0.2, -0.15) is 0 Å². The molecular formula is C23H44O. The summed E-state index contributed by atoms with van der Waals surface area (Å²) in [6.45, 7) is 14.1. The van der Waals surface area contributed by atoms with E-state index in [2.05, 4.69) is 41.5 Å². The summed E-state index contributed by atoms with van der Waals surface area (Å²) in [6.07, 6.45) is 11.5. The molecule has 0 aliphatic heterocycles. The molecule has 2 aliphatic rings. The molecule has 2 rings (SSSR count). The second-order valence-corrected chi connectivity index (χ2v) is 9.85. The molecule has 0 bridgehead atoms. The highest BCUT2D eigenvalue weighted by Crippen LogP contribution is 2.57. The summed E-state index contributed by atoms with van der Waals surface area (Å²) in [4.78, 5) is 0. The lowest BCUT2D eigenvalue weighted by Gasteiger charge is -2.44. The van der Waals surface area contributed by atoms with Gasteiger partial charge in [0.2, 0.25) is 0 Å². The third-order valence-corrected chi connectivity index (χ3v) is 7.88. The Bertz CT molecular complexity index is 376. The lowest BCUT2D eigenvalue weighted by atomic mass is 9.64. The van der Waals surface area contributed by atoms with Crippen LogP contribution in [0.15, 0.2) is 0 Å². The van der Waals surface area contributed by atoms with E-state index in [1.54, 1.807) is 0 Å². The second kappa shape index (κ2) is 8.56. The third-order valence-electron chi connectivity index (χ3n) is 7.88. The molecule has 2 fully saturated rings.